The fourth-order valence-corrected chi connectivity index (χ4v) is 8.04. The summed E-state index contributed by atoms with van der Waals surface area (Å²) in [4.78, 5) is 6.37. The van der Waals surface area contributed by atoms with Crippen molar-refractivity contribution in [3.63, 3.8) is 0 Å². The van der Waals surface area contributed by atoms with E-state index < -0.39 is 0 Å². The smallest absolute Gasteiger partial charge is 0.198 e. The SMILES string of the molecule is Cc1cccc(C)c1-c1cc(-c2cccc3c2[nH]c2c4ccccc4ccc32)c2c(c1)N1c3ccccc3Oc3cccc(c31)B2. The predicted molar refractivity (Wildman–Crippen MR) is 195 cm³/mol. The second-order valence-electron chi connectivity index (χ2n) is 12.7. The van der Waals surface area contributed by atoms with Crippen LogP contribution >= 0.6 is 0 Å². The number of aryl methyl sites for hydroxylation is 2. The fourth-order valence-electron chi connectivity index (χ4n) is 8.04. The minimum absolute atomic E-state index is 0.822. The number of hydrogen-bond donors (Lipinski definition) is 1. The number of benzene rings is 7. The van der Waals surface area contributed by atoms with E-state index in [9.17, 15) is 0 Å². The van der Waals surface area contributed by atoms with Crippen molar-refractivity contribution >= 4 is 67.8 Å². The summed E-state index contributed by atoms with van der Waals surface area (Å²) in [7, 11) is 0.822. The Bertz CT molecular complexity index is 2560. The van der Waals surface area contributed by atoms with Gasteiger partial charge in [-0.3, -0.25) is 0 Å². The molecule has 10 rings (SSSR count). The maximum Gasteiger partial charge on any atom is 0.198 e. The lowest BCUT2D eigenvalue weighted by Crippen LogP contribution is -2.42. The highest BCUT2D eigenvalue weighted by Gasteiger charge is 2.35. The molecule has 2 aliphatic heterocycles. The highest BCUT2D eigenvalue weighted by Crippen LogP contribution is 2.51. The van der Waals surface area contributed by atoms with Gasteiger partial charge >= 0.3 is 0 Å². The molecule has 0 fully saturated rings. The monoisotopic (exact) mass is 588 g/mol. The summed E-state index contributed by atoms with van der Waals surface area (Å²) < 4.78 is 6.49. The Hall–Kier alpha value is -5.74. The van der Waals surface area contributed by atoms with Gasteiger partial charge in [-0.25, -0.2) is 0 Å². The molecule has 1 aromatic heterocycles. The maximum atomic E-state index is 6.49. The number of aromatic nitrogens is 1. The lowest BCUT2D eigenvalue weighted by molar-refractivity contribution is 0.477. The van der Waals surface area contributed by atoms with Gasteiger partial charge in [-0.05, 0) is 82.8 Å². The molecule has 0 amide bonds. The van der Waals surface area contributed by atoms with Crippen LogP contribution in [0.1, 0.15) is 11.1 Å². The minimum Gasteiger partial charge on any atom is -0.453 e. The molecular weight excluding hydrogens is 559 g/mol. The molecule has 0 unspecified atom stereocenters. The van der Waals surface area contributed by atoms with Gasteiger partial charge < -0.3 is 14.6 Å². The van der Waals surface area contributed by atoms with Gasteiger partial charge in [0.15, 0.2) is 18.8 Å². The van der Waals surface area contributed by atoms with Crippen molar-refractivity contribution in [2.45, 2.75) is 13.8 Å². The zero-order valence-electron chi connectivity index (χ0n) is 25.7. The summed E-state index contributed by atoms with van der Waals surface area (Å²) >= 11 is 0. The van der Waals surface area contributed by atoms with Gasteiger partial charge in [-0.15, -0.1) is 0 Å². The first-order valence-corrected chi connectivity index (χ1v) is 16.0. The summed E-state index contributed by atoms with van der Waals surface area (Å²) in [6.45, 7) is 4.45. The number of para-hydroxylation sites is 4. The van der Waals surface area contributed by atoms with E-state index in [-0.39, 0.29) is 0 Å². The van der Waals surface area contributed by atoms with E-state index in [1.54, 1.807) is 0 Å². The van der Waals surface area contributed by atoms with Gasteiger partial charge in [0.1, 0.15) is 0 Å². The summed E-state index contributed by atoms with van der Waals surface area (Å²) in [5.74, 6) is 1.79. The van der Waals surface area contributed by atoms with E-state index in [0.29, 0.717) is 0 Å². The normalized spacial score (nSPS) is 12.9. The van der Waals surface area contributed by atoms with Crippen LogP contribution in [-0.2, 0) is 0 Å². The lowest BCUT2D eigenvalue weighted by atomic mass is 9.57. The Kier molecular flexibility index (Phi) is 5.22. The summed E-state index contributed by atoms with van der Waals surface area (Å²) in [5.41, 5.74) is 16.0. The summed E-state index contributed by atoms with van der Waals surface area (Å²) in [5, 5.41) is 5.00. The average molecular weight is 589 g/mol. The summed E-state index contributed by atoms with van der Waals surface area (Å²) in [6, 6.07) is 46.3. The molecule has 4 heteroatoms. The Labute approximate surface area is 267 Å². The Morgan fingerprint density at radius 1 is 0.587 bits per heavy atom. The number of aromatic amines is 1. The van der Waals surface area contributed by atoms with Crippen LogP contribution in [0.4, 0.5) is 17.1 Å². The van der Waals surface area contributed by atoms with Crippen LogP contribution in [0.5, 0.6) is 11.5 Å². The molecule has 8 aromatic rings. The molecule has 2 aliphatic rings. The molecule has 46 heavy (non-hydrogen) atoms. The van der Waals surface area contributed by atoms with Crippen LogP contribution in [0.2, 0.25) is 0 Å². The highest BCUT2D eigenvalue weighted by atomic mass is 16.5. The number of rotatable bonds is 2. The molecule has 0 saturated heterocycles. The van der Waals surface area contributed by atoms with Crippen molar-refractivity contribution in [3.8, 4) is 33.8 Å². The quantitative estimate of drug-likeness (QED) is 0.204. The third-order valence-corrected chi connectivity index (χ3v) is 10.1. The molecule has 3 heterocycles. The first kappa shape index (κ1) is 25.6. The predicted octanol–water partition coefficient (Wildman–Crippen LogP) is 9.70. The Morgan fingerprint density at radius 2 is 1.33 bits per heavy atom. The Morgan fingerprint density at radius 3 is 2.24 bits per heavy atom. The second-order valence-corrected chi connectivity index (χ2v) is 12.7. The third-order valence-electron chi connectivity index (χ3n) is 10.1. The van der Waals surface area contributed by atoms with Crippen LogP contribution in [0, 0.1) is 13.8 Å². The number of nitrogens with one attached hydrogen (secondary N) is 1. The van der Waals surface area contributed by atoms with Gasteiger partial charge in [0.05, 0.1) is 22.4 Å². The first-order chi connectivity index (χ1) is 22.6. The third kappa shape index (κ3) is 3.50. The van der Waals surface area contributed by atoms with Crippen molar-refractivity contribution in [2.24, 2.45) is 0 Å². The lowest BCUT2D eigenvalue weighted by Gasteiger charge is -2.39. The molecule has 0 aliphatic carbocycles. The van der Waals surface area contributed by atoms with E-state index in [1.165, 1.54) is 82.6 Å². The number of hydrogen-bond acceptors (Lipinski definition) is 2. The first-order valence-electron chi connectivity index (χ1n) is 16.0. The number of H-pyrrole nitrogens is 1. The molecular formula is C42H29BN2O. The van der Waals surface area contributed by atoms with E-state index in [0.717, 1.165) is 30.2 Å². The van der Waals surface area contributed by atoms with E-state index in [4.69, 9.17) is 4.74 Å². The largest absolute Gasteiger partial charge is 0.453 e. The van der Waals surface area contributed by atoms with E-state index in [1.807, 2.05) is 0 Å². The Balaban J connectivity index is 1.32. The van der Waals surface area contributed by atoms with Crippen molar-refractivity contribution in [2.75, 3.05) is 4.90 Å². The fraction of sp³-hybridized carbons (Fsp3) is 0.0476. The van der Waals surface area contributed by atoms with Crippen LogP contribution < -0.4 is 20.6 Å². The van der Waals surface area contributed by atoms with Gasteiger partial charge in [0, 0.05) is 27.4 Å². The van der Waals surface area contributed by atoms with Gasteiger partial charge in [0.2, 0.25) is 0 Å². The second kappa shape index (κ2) is 9.39. The molecule has 3 nitrogen and oxygen atoms in total. The van der Waals surface area contributed by atoms with Crippen LogP contribution in [-0.4, -0.2) is 12.3 Å². The van der Waals surface area contributed by atoms with Crippen molar-refractivity contribution < 1.29 is 4.74 Å². The van der Waals surface area contributed by atoms with Crippen molar-refractivity contribution in [3.05, 3.63) is 139 Å². The number of nitrogens with zero attached hydrogens (tertiary/aromatic N) is 1. The molecule has 0 atom stereocenters. The van der Waals surface area contributed by atoms with Crippen LogP contribution in [0.3, 0.4) is 0 Å². The number of fused-ring (bicyclic) bond motifs is 9. The van der Waals surface area contributed by atoms with Gasteiger partial charge in [0.25, 0.3) is 0 Å². The molecule has 0 radical (unpaired) electrons. The zero-order valence-corrected chi connectivity index (χ0v) is 25.7. The van der Waals surface area contributed by atoms with E-state index >= 15 is 0 Å². The molecule has 0 spiro atoms. The van der Waals surface area contributed by atoms with Crippen LogP contribution in [0.15, 0.2) is 127 Å². The number of ether oxygens (including phenoxy) is 1. The number of anilines is 3. The van der Waals surface area contributed by atoms with Crippen LogP contribution in [0.25, 0.3) is 54.8 Å². The standard InChI is InChI=1S/C42H29BN2O/c1-24-10-7-11-25(2)38(24)27-22-32(30-15-8-14-29-31-21-20-26-12-3-4-13-28(26)40(31)44-41(29)30)39-35(23-27)45-34-17-5-6-18-36(34)46-37-19-9-16-33(43-39)42(37)45/h3-23,43-44H,1-2H3. The zero-order chi connectivity index (χ0) is 30.5. The molecule has 0 saturated carbocycles. The highest BCUT2D eigenvalue weighted by molar-refractivity contribution is 6.73. The average Bonchev–Trinajstić information content (AvgIpc) is 3.48. The van der Waals surface area contributed by atoms with Gasteiger partial charge in [-0.1, -0.05) is 103 Å². The van der Waals surface area contributed by atoms with Crippen molar-refractivity contribution in [1.29, 1.82) is 0 Å². The topological polar surface area (TPSA) is 28.3 Å². The maximum absolute atomic E-state index is 6.49. The minimum atomic E-state index is 0.822. The van der Waals surface area contributed by atoms with Crippen molar-refractivity contribution in [1.82, 2.24) is 4.98 Å². The van der Waals surface area contributed by atoms with Gasteiger partial charge in [-0.2, -0.15) is 0 Å². The molecule has 0 bridgehead atoms. The molecule has 7 aromatic carbocycles. The molecule has 216 valence electrons. The molecule has 1 N–H and O–H groups in total. The summed E-state index contributed by atoms with van der Waals surface area (Å²) in [6.07, 6.45) is 0. The van der Waals surface area contributed by atoms with E-state index in [2.05, 4.69) is 151 Å².